The SMILES string of the molecule is C1CCN(C2COC2)CC1.Cn1c(=O)n(Cc2ccc(-c3nnc(C(F)F)o3)cn2)c2cc(F)c(-c3cccnc3)cc21. The molecule has 0 saturated carbocycles. The number of likely N-dealkylation sites (tertiary alicyclic amines) is 1. The van der Waals surface area contributed by atoms with Crippen molar-refractivity contribution >= 4 is 11.0 Å². The minimum Gasteiger partial charge on any atom is -0.415 e. The highest BCUT2D eigenvalue weighted by atomic mass is 19.3. The maximum Gasteiger partial charge on any atom is 0.329 e. The molecule has 2 aliphatic heterocycles. The monoisotopic (exact) mass is 593 g/mol. The van der Waals surface area contributed by atoms with Crippen LogP contribution in [-0.4, -0.2) is 66.5 Å². The lowest BCUT2D eigenvalue weighted by molar-refractivity contribution is -0.0698. The highest BCUT2D eigenvalue weighted by Gasteiger charge is 2.26. The number of benzene rings is 1. The summed E-state index contributed by atoms with van der Waals surface area (Å²) in [5.41, 5.74) is 2.43. The molecule has 10 nitrogen and oxygen atoms in total. The van der Waals surface area contributed by atoms with E-state index in [0.717, 1.165) is 19.3 Å². The van der Waals surface area contributed by atoms with Crippen LogP contribution in [0.1, 0.15) is 37.3 Å². The Hall–Kier alpha value is -4.36. The third-order valence-electron chi connectivity index (χ3n) is 7.75. The number of ether oxygens (including phenoxy) is 1. The van der Waals surface area contributed by atoms with Crippen molar-refractivity contribution in [3.63, 3.8) is 0 Å². The van der Waals surface area contributed by atoms with Crippen molar-refractivity contribution in [2.24, 2.45) is 7.05 Å². The molecule has 13 heteroatoms. The number of halogens is 3. The van der Waals surface area contributed by atoms with Crippen molar-refractivity contribution in [3.8, 4) is 22.6 Å². The molecule has 0 unspecified atom stereocenters. The van der Waals surface area contributed by atoms with Crippen LogP contribution in [0.3, 0.4) is 0 Å². The summed E-state index contributed by atoms with van der Waals surface area (Å²) in [5, 5.41) is 6.87. The van der Waals surface area contributed by atoms with E-state index in [1.165, 1.54) is 53.7 Å². The molecule has 2 aliphatic rings. The van der Waals surface area contributed by atoms with Crippen LogP contribution in [0, 0.1) is 5.82 Å². The second kappa shape index (κ2) is 12.5. The number of hydrogen-bond donors (Lipinski definition) is 0. The summed E-state index contributed by atoms with van der Waals surface area (Å²) in [6.07, 6.45) is 5.90. The number of piperidine rings is 1. The van der Waals surface area contributed by atoms with Crippen LogP contribution < -0.4 is 5.69 Å². The van der Waals surface area contributed by atoms with E-state index in [4.69, 9.17) is 9.15 Å². The van der Waals surface area contributed by atoms with Gasteiger partial charge in [0.15, 0.2) is 0 Å². The molecule has 43 heavy (non-hydrogen) atoms. The Labute approximate surface area is 244 Å². The number of alkyl halides is 2. The van der Waals surface area contributed by atoms with Crippen LogP contribution in [0.4, 0.5) is 13.2 Å². The van der Waals surface area contributed by atoms with Gasteiger partial charge < -0.3 is 9.15 Å². The second-order valence-corrected chi connectivity index (χ2v) is 10.6. The molecule has 0 aliphatic carbocycles. The maximum atomic E-state index is 14.9. The minimum absolute atomic E-state index is 0.0776. The van der Waals surface area contributed by atoms with Crippen molar-refractivity contribution in [1.82, 2.24) is 34.2 Å². The van der Waals surface area contributed by atoms with Gasteiger partial charge in [-0.2, -0.15) is 8.78 Å². The van der Waals surface area contributed by atoms with Gasteiger partial charge in [0.05, 0.1) is 48.1 Å². The Morgan fingerprint density at radius 3 is 2.44 bits per heavy atom. The number of imidazole rings is 1. The third-order valence-corrected chi connectivity index (χ3v) is 7.75. The Bertz CT molecular complexity index is 1740. The molecule has 2 fully saturated rings. The van der Waals surface area contributed by atoms with Crippen LogP contribution >= 0.6 is 0 Å². The molecule has 0 radical (unpaired) electrons. The zero-order chi connectivity index (χ0) is 29.9. The first-order chi connectivity index (χ1) is 20.9. The average molecular weight is 594 g/mol. The average Bonchev–Trinajstić information content (AvgIpc) is 3.58. The van der Waals surface area contributed by atoms with Crippen LogP contribution in [0.2, 0.25) is 0 Å². The predicted octanol–water partition coefficient (Wildman–Crippen LogP) is 4.84. The molecule has 4 aromatic heterocycles. The fraction of sp³-hybridized carbons (Fsp3) is 0.367. The fourth-order valence-corrected chi connectivity index (χ4v) is 5.28. The summed E-state index contributed by atoms with van der Waals surface area (Å²) in [4.78, 5) is 23.7. The first-order valence-corrected chi connectivity index (χ1v) is 14.1. The molecule has 1 aromatic carbocycles. The number of nitrogens with zero attached hydrogens (tertiary/aromatic N) is 7. The number of pyridine rings is 2. The lowest BCUT2D eigenvalue weighted by Crippen LogP contribution is -2.50. The number of aryl methyl sites for hydroxylation is 1. The summed E-state index contributed by atoms with van der Waals surface area (Å²) in [6.45, 7) is 4.68. The normalized spacial score (nSPS) is 15.8. The molecular weight excluding hydrogens is 563 g/mol. The van der Waals surface area contributed by atoms with Gasteiger partial charge in [-0.3, -0.25) is 24.0 Å². The highest BCUT2D eigenvalue weighted by Crippen LogP contribution is 2.28. The van der Waals surface area contributed by atoms with E-state index in [9.17, 15) is 18.0 Å². The Balaban J connectivity index is 0.000000277. The van der Waals surface area contributed by atoms with Gasteiger partial charge in [0.2, 0.25) is 5.89 Å². The first-order valence-electron chi connectivity index (χ1n) is 14.1. The minimum atomic E-state index is -2.87. The van der Waals surface area contributed by atoms with Crippen molar-refractivity contribution in [2.75, 3.05) is 26.3 Å². The van der Waals surface area contributed by atoms with Gasteiger partial charge in [-0.25, -0.2) is 9.18 Å². The van der Waals surface area contributed by atoms with Crippen LogP contribution in [0.5, 0.6) is 0 Å². The van der Waals surface area contributed by atoms with Gasteiger partial charge in [0.25, 0.3) is 5.89 Å². The van der Waals surface area contributed by atoms with E-state index in [1.807, 2.05) is 0 Å². The maximum absolute atomic E-state index is 14.9. The van der Waals surface area contributed by atoms with E-state index in [2.05, 4.69) is 25.1 Å². The molecule has 0 atom stereocenters. The van der Waals surface area contributed by atoms with Crippen molar-refractivity contribution < 1.29 is 22.3 Å². The summed E-state index contributed by atoms with van der Waals surface area (Å²) in [6, 6.07) is 10.3. The zero-order valence-electron chi connectivity index (χ0n) is 23.5. The molecule has 0 bridgehead atoms. The summed E-state index contributed by atoms with van der Waals surface area (Å²) in [5.74, 6) is -1.34. The van der Waals surface area contributed by atoms with Crippen LogP contribution in [0.25, 0.3) is 33.6 Å². The van der Waals surface area contributed by atoms with Crippen molar-refractivity contribution in [2.45, 2.75) is 38.3 Å². The van der Waals surface area contributed by atoms with Crippen molar-refractivity contribution in [3.05, 3.63) is 82.9 Å². The van der Waals surface area contributed by atoms with Gasteiger partial charge in [-0.15, -0.1) is 10.2 Å². The molecule has 0 amide bonds. The van der Waals surface area contributed by atoms with Crippen LogP contribution in [-0.2, 0) is 18.3 Å². The predicted molar refractivity (Wildman–Crippen MR) is 152 cm³/mol. The van der Waals surface area contributed by atoms with Gasteiger partial charge in [0.1, 0.15) is 5.82 Å². The van der Waals surface area contributed by atoms with Crippen LogP contribution in [0.15, 0.2) is 64.2 Å². The van der Waals surface area contributed by atoms with E-state index in [-0.39, 0.29) is 18.1 Å². The van der Waals surface area contributed by atoms with Gasteiger partial charge in [-0.1, -0.05) is 12.5 Å². The lowest BCUT2D eigenvalue weighted by Gasteiger charge is -2.39. The number of fused-ring (bicyclic) bond motifs is 1. The summed E-state index contributed by atoms with van der Waals surface area (Å²) in [7, 11) is 1.61. The smallest absolute Gasteiger partial charge is 0.329 e. The van der Waals surface area contributed by atoms with E-state index < -0.39 is 18.1 Å². The van der Waals surface area contributed by atoms with E-state index in [1.54, 1.807) is 49.8 Å². The second-order valence-electron chi connectivity index (χ2n) is 10.6. The molecule has 0 N–H and O–H groups in total. The number of rotatable bonds is 6. The van der Waals surface area contributed by atoms with E-state index in [0.29, 0.717) is 33.4 Å². The fourth-order valence-electron chi connectivity index (χ4n) is 5.28. The lowest BCUT2D eigenvalue weighted by atomic mass is 10.1. The van der Waals surface area contributed by atoms with Gasteiger partial charge in [-0.05, 0) is 50.2 Å². The summed E-state index contributed by atoms with van der Waals surface area (Å²) < 4.78 is 53.1. The van der Waals surface area contributed by atoms with Gasteiger partial charge >= 0.3 is 12.1 Å². The molecule has 224 valence electrons. The summed E-state index contributed by atoms with van der Waals surface area (Å²) >= 11 is 0. The first kappa shape index (κ1) is 28.7. The van der Waals surface area contributed by atoms with E-state index >= 15 is 0 Å². The molecule has 2 saturated heterocycles. The van der Waals surface area contributed by atoms with Gasteiger partial charge in [0, 0.05) is 42.8 Å². The molecule has 6 heterocycles. The number of hydrogen-bond acceptors (Lipinski definition) is 8. The Morgan fingerprint density at radius 2 is 1.81 bits per heavy atom. The Kier molecular flexibility index (Phi) is 8.34. The quantitative estimate of drug-likeness (QED) is 0.276. The molecule has 0 spiro atoms. The molecular formula is C30H30F3N7O3. The Morgan fingerprint density at radius 1 is 1.00 bits per heavy atom. The van der Waals surface area contributed by atoms with Crippen molar-refractivity contribution in [1.29, 1.82) is 0 Å². The number of aromatic nitrogens is 6. The highest BCUT2D eigenvalue weighted by molar-refractivity contribution is 5.83. The third kappa shape index (κ3) is 6.09. The topological polar surface area (TPSA) is 104 Å². The molecule has 7 rings (SSSR count). The molecule has 5 aromatic rings. The zero-order valence-corrected chi connectivity index (χ0v) is 23.5. The standard InChI is InChI=1S/C22H15F3N6O2.C8H15NO/c1-30-17-7-15(12-3-2-6-26-9-12)16(23)8-18(17)31(22(30)32)11-14-5-4-13(10-27-14)20-28-29-21(33-20)19(24)25;1-2-4-9(5-3-1)8-6-10-7-8/h2-10,19H,11H2,1H3;8H,1-7H2. The largest absolute Gasteiger partial charge is 0.415 e.